The van der Waals surface area contributed by atoms with Gasteiger partial charge < -0.3 is 19.1 Å². The second-order valence-corrected chi connectivity index (χ2v) is 8.87. The number of ether oxygens (including phenoxy) is 3. The highest BCUT2D eigenvalue weighted by atomic mass is 35.5. The Labute approximate surface area is 220 Å². The van der Waals surface area contributed by atoms with Crippen LogP contribution in [0.3, 0.4) is 0 Å². The summed E-state index contributed by atoms with van der Waals surface area (Å²) in [5, 5.41) is 9.25. The van der Waals surface area contributed by atoms with Gasteiger partial charge in [-0.1, -0.05) is 11.6 Å². The van der Waals surface area contributed by atoms with Crippen molar-refractivity contribution in [1.82, 2.24) is 14.7 Å². The fourth-order valence-electron chi connectivity index (χ4n) is 2.60. The fraction of sp³-hybridized carbons (Fsp3) is 0.304. The molecule has 0 spiro atoms. The van der Waals surface area contributed by atoms with Gasteiger partial charge in [0.15, 0.2) is 17.4 Å². The quantitative estimate of drug-likeness (QED) is 0.177. The Morgan fingerprint density at radius 3 is 2.24 bits per heavy atom. The van der Waals surface area contributed by atoms with Crippen LogP contribution in [0.1, 0.15) is 0 Å². The molecule has 1 atom stereocenters. The molecule has 0 bridgehead atoms. The van der Waals surface area contributed by atoms with Gasteiger partial charge in [-0.15, -0.1) is 12.8 Å². The average Bonchev–Trinajstić information content (AvgIpc) is 2.89. The van der Waals surface area contributed by atoms with Crippen LogP contribution in [-0.4, -0.2) is 77.6 Å². The molecule has 10 nitrogen and oxygen atoms in total. The van der Waals surface area contributed by atoms with Crippen molar-refractivity contribution in [1.29, 1.82) is 0 Å². The van der Waals surface area contributed by atoms with Gasteiger partial charge in [0, 0.05) is 32.3 Å². The van der Waals surface area contributed by atoms with Gasteiger partial charge >= 0.3 is 6.09 Å². The van der Waals surface area contributed by atoms with E-state index in [9.17, 15) is 22.6 Å². The number of methoxy groups -OCH3 is 1. The molecule has 0 aliphatic rings. The molecule has 2 N–H and O–H groups in total. The van der Waals surface area contributed by atoms with Crippen molar-refractivity contribution in [3.63, 3.8) is 0 Å². The summed E-state index contributed by atoms with van der Waals surface area (Å²) in [4.78, 5) is 24.5. The van der Waals surface area contributed by atoms with Gasteiger partial charge in [-0.05, 0) is 36.4 Å². The zero-order chi connectivity index (χ0) is 28.0. The minimum atomic E-state index is -2.25. The molecule has 14 heteroatoms. The summed E-state index contributed by atoms with van der Waals surface area (Å²) < 4.78 is 58.3. The summed E-state index contributed by atoms with van der Waals surface area (Å²) in [5.41, 5.74) is 1.40. The number of hydrogen-bond acceptors (Lipinski definition) is 7. The fourth-order valence-corrected chi connectivity index (χ4v) is 3.91. The third kappa shape index (κ3) is 10.3. The molecule has 0 aliphatic heterocycles. The number of amides is 2. The number of rotatable bonds is 12. The van der Waals surface area contributed by atoms with Crippen LogP contribution in [0.2, 0.25) is 5.02 Å². The van der Waals surface area contributed by atoms with Crippen LogP contribution < -0.4 is 10.2 Å². The molecule has 0 aromatic heterocycles. The highest BCUT2D eigenvalue weighted by Crippen LogP contribution is 2.30. The van der Waals surface area contributed by atoms with Gasteiger partial charge in [0.05, 0.1) is 18.0 Å². The number of benzene rings is 2. The molecule has 37 heavy (non-hydrogen) atoms. The second kappa shape index (κ2) is 16.5. The molecule has 0 saturated heterocycles. The van der Waals surface area contributed by atoms with Crippen LogP contribution in [-0.2, 0) is 25.3 Å². The Hall–Kier alpha value is -3.28. The number of hydroxylamine groups is 1. The summed E-state index contributed by atoms with van der Waals surface area (Å²) >= 11 is 5.78. The summed E-state index contributed by atoms with van der Waals surface area (Å²) in [6.45, 7) is -0.602. The molecule has 0 radical (unpaired) electrons. The van der Waals surface area contributed by atoms with E-state index in [1.807, 2.05) is 0 Å². The van der Waals surface area contributed by atoms with Gasteiger partial charge in [-0.25, -0.2) is 27.6 Å². The largest absolute Gasteiger partial charge is 0.451 e. The van der Waals surface area contributed by atoms with E-state index in [0.29, 0.717) is 5.02 Å². The smallest absolute Gasteiger partial charge is 0.409 e. The highest BCUT2D eigenvalue weighted by molar-refractivity contribution is 7.82. The topological polar surface area (TPSA) is 118 Å². The first-order valence-electron chi connectivity index (χ1n) is 10.4. The Bertz CT molecular complexity index is 1070. The zero-order valence-electron chi connectivity index (χ0n) is 20.0. The number of nitrogens with one attached hydrogen (secondary N) is 1. The normalized spacial score (nSPS) is 11.2. The molecule has 202 valence electrons. The standard InChI is InChI=1S/C21H24ClF2N3O7S.C2H2/c1-26(21(29)33-10-9-32-2)7-8-27(13-19(28)25-30)35(31)16-11-17(23)20(18(24)12-16)34-15-5-3-14(22)4-6-15;1-2/h3-6,11-12,30H,7-10,13H2,1-2H3,(H,25,28);1-2H. The number of hydrogen-bond donors (Lipinski definition) is 2. The second-order valence-electron chi connectivity index (χ2n) is 6.95. The molecule has 0 heterocycles. The van der Waals surface area contributed by atoms with E-state index in [0.717, 1.165) is 21.3 Å². The molecular weight excluding hydrogens is 536 g/mol. The van der Waals surface area contributed by atoms with E-state index in [2.05, 4.69) is 12.8 Å². The van der Waals surface area contributed by atoms with Crippen molar-refractivity contribution >= 4 is 34.6 Å². The Morgan fingerprint density at radius 1 is 1.11 bits per heavy atom. The Morgan fingerprint density at radius 2 is 1.70 bits per heavy atom. The predicted octanol–water partition coefficient (Wildman–Crippen LogP) is 3.20. The van der Waals surface area contributed by atoms with Crippen LogP contribution in [0.15, 0.2) is 41.3 Å². The third-order valence-electron chi connectivity index (χ3n) is 4.40. The van der Waals surface area contributed by atoms with Crippen molar-refractivity contribution in [3.05, 3.63) is 53.1 Å². The lowest BCUT2D eigenvalue weighted by molar-refractivity contribution is -0.129. The lowest BCUT2D eigenvalue weighted by Crippen LogP contribution is -2.42. The lowest BCUT2D eigenvalue weighted by Gasteiger charge is -2.24. The molecule has 2 aromatic carbocycles. The summed E-state index contributed by atoms with van der Waals surface area (Å²) in [6, 6.07) is 7.39. The molecule has 2 amide bonds. The minimum Gasteiger partial charge on any atom is -0.451 e. The van der Waals surface area contributed by atoms with Crippen molar-refractivity contribution in [2.45, 2.75) is 4.90 Å². The zero-order valence-corrected chi connectivity index (χ0v) is 21.6. The van der Waals surface area contributed by atoms with Crippen LogP contribution in [0.4, 0.5) is 13.6 Å². The molecule has 0 aliphatic carbocycles. The van der Waals surface area contributed by atoms with Gasteiger partial charge in [-0.2, -0.15) is 0 Å². The lowest BCUT2D eigenvalue weighted by atomic mass is 10.3. The van der Waals surface area contributed by atoms with Crippen molar-refractivity contribution in [2.75, 3.05) is 47.0 Å². The third-order valence-corrected chi connectivity index (χ3v) is 6.07. The molecule has 2 rings (SSSR count). The van der Waals surface area contributed by atoms with Gasteiger partial charge in [-0.3, -0.25) is 10.0 Å². The first kappa shape index (κ1) is 31.7. The first-order chi connectivity index (χ1) is 17.7. The van der Waals surface area contributed by atoms with E-state index in [4.69, 9.17) is 31.0 Å². The van der Waals surface area contributed by atoms with E-state index in [1.54, 1.807) is 0 Å². The number of carbonyl (C=O) groups excluding carboxylic acids is 2. The molecule has 0 fully saturated rings. The number of likely N-dealkylation sites (N-methyl/N-ethyl adjacent to an activating group) is 1. The monoisotopic (exact) mass is 561 g/mol. The van der Waals surface area contributed by atoms with Gasteiger partial charge in [0.1, 0.15) is 23.3 Å². The van der Waals surface area contributed by atoms with E-state index in [-0.39, 0.29) is 36.9 Å². The predicted molar refractivity (Wildman–Crippen MR) is 132 cm³/mol. The molecule has 1 unspecified atom stereocenters. The SMILES string of the molecule is C#C.COCCOC(=O)N(C)CCN(CC(=O)NO)S(=O)c1cc(F)c(Oc2ccc(Cl)cc2)c(F)c1. The minimum absolute atomic E-state index is 0.0191. The maximum atomic E-state index is 14.7. The number of halogens is 3. The van der Waals surface area contributed by atoms with Crippen molar-refractivity contribution in [2.24, 2.45) is 0 Å². The van der Waals surface area contributed by atoms with Crippen molar-refractivity contribution < 1.29 is 42.0 Å². The summed E-state index contributed by atoms with van der Waals surface area (Å²) in [5.74, 6) is -3.77. The van der Waals surface area contributed by atoms with Crippen molar-refractivity contribution in [3.8, 4) is 24.3 Å². The van der Waals surface area contributed by atoms with E-state index in [1.165, 1.54) is 43.9 Å². The van der Waals surface area contributed by atoms with Crippen LogP contribution in [0.5, 0.6) is 11.5 Å². The molecule has 2 aromatic rings. The van der Waals surface area contributed by atoms with E-state index < -0.39 is 46.9 Å². The van der Waals surface area contributed by atoms with E-state index >= 15 is 0 Å². The average molecular weight is 562 g/mol. The Balaban J connectivity index is 0.00000334. The van der Waals surface area contributed by atoms with Gasteiger partial charge in [0.2, 0.25) is 0 Å². The van der Waals surface area contributed by atoms with Crippen LogP contribution in [0, 0.1) is 24.5 Å². The molecular formula is C23H26ClF2N3O7S. The summed E-state index contributed by atoms with van der Waals surface area (Å²) in [6.07, 6.45) is 7.31. The Kier molecular flexibility index (Phi) is 14.1. The van der Waals surface area contributed by atoms with Crippen LogP contribution >= 0.6 is 11.6 Å². The van der Waals surface area contributed by atoms with Gasteiger partial charge in [0.25, 0.3) is 5.91 Å². The first-order valence-corrected chi connectivity index (χ1v) is 11.9. The maximum Gasteiger partial charge on any atom is 0.409 e. The summed E-state index contributed by atoms with van der Waals surface area (Å²) in [7, 11) is 0.602. The number of terminal acetylenes is 1. The number of nitrogens with zero attached hydrogens (tertiary/aromatic N) is 2. The molecule has 0 saturated carbocycles. The number of carbonyl (C=O) groups is 2. The highest BCUT2D eigenvalue weighted by Gasteiger charge is 2.24. The maximum absolute atomic E-state index is 14.7. The van der Waals surface area contributed by atoms with Crippen LogP contribution in [0.25, 0.3) is 0 Å².